The van der Waals surface area contributed by atoms with Gasteiger partial charge < -0.3 is 5.32 Å². The lowest BCUT2D eigenvalue weighted by Crippen LogP contribution is -2.16. The van der Waals surface area contributed by atoms with Crippen molar-refractivity contribution in [1.82, 2.24) is 30.4 Å². The summed E-state index contributed by atoms with van der Waals surface area (Å²) in [5, 5.41) is 19.3. The fourth-order valence-electron chi connectivity index (χ4n) is 1.16. The first-order valence-electron chi connectivity index (χ1n) is 4.22. The van der Waals surface area contributed by atoms with E-state index in [1.807, 2.05) is 6.92 Å². The van der Waals surface area contributed by atoms with Gasteiger partial charge >= 0.3 is 0 Å². The number of H-pyrrole nitrogens is 1. The lowest BCUT2D eigenvalue weighted by Gasteiger charge is -2.00. The van der Waals surface area contributed by atoms with Crippen molar-refractivity contribution in [3.8, 4) is 0 Å². The molecule has 78 valence electrons. The smallest absolute Gasteiger partial charge is 0.298 e. The molecular formula is C7H9N7O. The zero-order valence-corrected chi connectivity index (χ0v) is 8.22. The second kappa shape index (κ2) is 3.48. The molecule has 0 aromatic carbocycles. The number of carbonyl (C=O) groups is 1. The van der Waals surface area contributed by atoms with Gasteiger partial charge in [-0.15, -0.1) is 10.2 Å². The van der Waals surface area contributed by atoms with E-state index in [9.17, 15) is 4.79 Å². The molecule has 0 atom stereocenters. The van der Waals surface area contributed by atoms with Crippen molar-refractivity contribution in [3.05, 3.63) is 17.6 Å². The van der Waals surface area contributed by atoms with E-state index in [4.69, 9.17) is 0 Å². The first-order valence-corrected chi connectivity index (χ1v) is 4.22. The summed E-state index contributed by atoms with van der Waals surface area (Å²) in [6.07, 6.45) is 0. The van der Waals surface area contributed by atoms with Crippen LogP contribution in [0.3, 0.4) is 0 Å². The molecular weight excluding hydrogens is 198 g/mol. The van der Waals surface area contributed by atoms with Crippen LogP contribution in [0, 0.1) is 6.92 Å². The van der Waals surface area contributed by atoms with Crippen molar-refractivity contribution in [3.63, 3.8) is 0 Å². The van der Waals surface area contributed by atoms with Crippen LogP contribution in [0.15, 0.2) is 6.07 Å². The topological polar surface area (TPSA) is 101 Å². The standard InChI is InChI=1S/C7H9N7O/c1-4-3-5(14(2)11-4)8-7(15)6-9-12-13-10-6/h3H,1-2H3,(H,8,15)(H,9,10,12,13). The van der Waals surface area contributed by atoms with E-state index in [2.05, 4.69) is 31.0 Å². The number of rotatable bonds is 2. The van der Waals surface area contributed by atoms with Crippen LogP contribution < -0.4 is 5.32 Å². The third-order valence-electron chi connectivity index (χ3n) is 1.79. The SMILES string of the molecule is Cc1cc(NC(=O)c2nn[nH]n2)n(C)n1. The zero-order chi connectivity index (χ0) is 10.8. The molecule has 8 nitrogen and oxygen atoms in total. The van der Waals surface area contributed by atoms with E-state index in [-0.39, 0.29) is 5.82 Å². The van der Waals surface area contributed by atoms with Gasteiger partial charge in [-0.2, -0.15) is 10.3 Å². The van der Waals surface area contributed by atoms with Crippen LogP contribution in [0.25, 0.3) is 0 Å². The molecule has 0 spiro atoms. The normalized spacial score (nSPS) is 10.3. The summed E-state index contributed by atoms with van der Waals surface area (Å²) in [4.78, 5) is 11.5. The maximum Gasteiger partial charge on any atom is 0.298 e. The quantitative estimate of drug-likeness (QED) is 0.690. The van der Waals surface area contributed by atoms with Gasteiger partial charge in [0.1, 0.15) is 5.82 Å². The van der Waals surface area contributed by atoms with E-state index >= 15 is 0 Å². The van der Waals surface area contributed by atoms with E-state index in [0.29, 0.717) is 5.82 Å². The molecule has 0 radical (unpaired) electrons. The molecule has 0 saturated heterocycles. The first kappa shape index (κ1) is 9.31. The van der Waals surface area contributed by atoms with Gasteiger partial charge in [-0.3, -0.25) is 9.48 Å². The van der Waals surface area contributed by atoms with Crippen molar-refractivity contribution in [2.45, 2.75) is 6.92 Å². The van der Waals surface area contributed by atoms with E-state index in [0.717, 1.165) is 5.69 Å². The van der Waals surface area contributed by atoms with Gasteiger partial charge in [-0.1, -0.05) is 0 Å². The number of nitrogens with zero attached hydrogens (tertiary/aromatic N) is 5. The first-order chi connectivity index (χ1) is 7.16. The second-order valence-corrected chi connectivity index (χ2v) is 2.98. The zero-order valence-electron chi connectivity index (χ0n) is 8.22. The summed E-state index contributed by atoms with van der Waals surface area (Å²) < 4.78 is 1.56. The minimum Gasteiger partial charge on any atom is -0.304 e. The fraction of sp³-hybridized carbons (Fsp3) is 0.286. The van der Waals surface area contributed by atoms with E-state index in [1.165, 1.54) is 0 Å². The summed E-state index contributed by atoms with van der Waals surface area (Å²) in [5.41, 5.74) is 0.820. The lowest BCUT2D eigenvalue weighted by molar-refractivity contribution is 0.101. The summed E-state index contributed by atoms with van der Waals surface area (Å²) >= 11 is 0. The number of hydrogen-bond acceptors (Lipinski definition) is 5. The number of anilines is 1. The van der Waals surface area contributed by atoms with Gasteiger partial charge in [-0.25, -0.2) is 0 Å². The molecule has 0 saturated carbocycles. The highest BCUT2D eigenvalue weighted by atomic mass is 16.2. The summed E-state index contributed by atoms with van der Waals surface area (Å²) in [6, 6.07) is 1.75. The number of aryl methyl sites for hydroxylation is 2. The van der Waals surface area contributed by atoms with Crippen molar-refractivity contribution in [2.24, 2.45) is 7.05 Å². The Kier molecular flexibility index (Phi) is 2.16. The predicted octanol–water partition coefficient (Wildman–Crippen LogP) is -0.506. The Labute approximate surface area is 84.7 Å². The largest absolute Gasteiger partial charge is 0.304 e. The van der Waals surface area contributed by atoms with Crippen LogP contribution in [0.4, 0.5) is 5.82 Å². The number of hydrogen-bond donors (Lipinski definition) is 2. The molecule has 0 fully saturated rings. The summed E-state index contributed by atoms with van der Waals surface area (Å²) in [6.45, 7) is 1.84. The Morgan fingerprint density at radius 3 is 2.93 bits per heavy atom. The van der Waals surface area contributed by atoms with Gasteiger partial charge in [0.25, 0.3) is 11.7 Å². The monoisotopic (exact) mass is 207 g/mol. The summed E-state index contributed by atoms with van der Waals surface area (Å²) in [7, 11) is 1.73. The molecule has 8 heteroatoms. The van der Waals surface area contributed by atoms with E-state index in [1.54, 1.807) is 17.8 Å². The number of aromatic nitrogens is 6. The maximum absolute atomic E-state index is 11.5. The molecule has 2 heterocycles. The van der Waals surface area contributed by atoms with Crippen LogP contribution in [0.2, 0.25) is 0 Å². The molecule has 2 N–H and O–H groups in total. The van der Waals surface area contributed by atoms with Crippen LogP contribution in [-0.2, 0) is 7.05 Å². The highest BCUT2D eigenvalue weighted by molar-refractivity contribution is 6.00. The molecule has 2 aromatic rings. The Hall–Kier alpha value is -2.25. The van der Waals surface area contributed by atoms with Gasteiger partial charge in [-0.05, 0) is 12.1 Å². The van der Waals surface area contributed by atoms with Crippen LogP contribution in [-0.4, -0.2) is 36.3 Å². The number of tetrazole rings is 1. The van der Waals surface area contributed by atoms with Gasteiger partial charge in [0.2, 0.25) is 0 Å². The van der Waals surface area contributed by atoms with Crippen molar-refractivity contribution < 1.29 is 4.79 Å². The summed E-state index contributed by atoms with van der Waals surface area (Å²) in [5.74, 6) is 0.155. The average Bonchev–Trinajstić information content (AvgIpc) is 2.76. The van der Waals surface area contributed by atoms with Crippen molar-refractivity contribution in [1.29, 1.82) is 0 Å². The number of aromatic amines is 1. The molecule has 15 heavy (non-hydrogen) atoms. The Morgan fingerprint density at radius 2 is 2.40 bits per heavy atom. The number of nitrogens with one attached hydrogen (secondary N) is 2. The Bertz CT molecular complexity index is 471. The van der Waals surface area contributed by atoms with E-state index < -0.39 is 5.91 Å². The fourth-order valence-corrected chi connectivity index (χ4v) is 1.16. The molecule has 2 rings (SSSR count). The second-order valence-electron chi connectivity index (χ2n) is 2.98. The highest BCUT2D eigenvalue weighted by Crippen LogP contribution is 2.08. The lowest BCUT2D eigenvalue weighted by atomic mass is 10.4. The van der Waals surface area contributed by atoms with Crippen LogP contribution in [0.5, 0.6) is 0 Å². The molecule has 2 aromatic heterocycles. The molecule has 0 aliphatic rings. The van der Waals surface area contributed by atoms with Crippen LogP contribution in [0.1, 0.15) is 16.3 Å². The Balaban J connectivity index is 2.16. The molecule has 0 aliphatic carbocycles. The average molecular weight is 207 g/mol. The maximum atomic E-state index is 11.5. The van der Waals surface area contributed by atoms with Crippen molar-refractivity contribution in [2.75, 3.05) is 5.32 Å². The molecule has 1 amide bonds. The third kappa shape index (κ3) is 1.82. The predicted molar refractivity (Wildman–Crippen MR) is 50.1 cm³/mol. The number of carbonyl (C=O) groups excluding carboxylic acids is 1. The van der Waals surface area contributed by atoms with Gasteiger partial charge in [0, 0.05) is 13.1 Å². The molecule has 0 aliphatic heterocycles. The van der Waals surface area contributed by atoms with Crippen LogP contribution >= 0.6 is 0 Å². The third-order valence-corrected chi connectivity index (χ3v) is 1.79. The molecule has 0 bridgehead atoms. The molecule has 0 unspecified atom stereocenters. The van der Waals surface area contributed by atoms with Gasteiger partial charge in [0.15, 0.2) is 0 Å². The minimum atomic E-state index is -0.424. The Morgan fingerprint density at radius 1 is 1.60 bits per heavy atom. The van der Waals surface area contributed by atoms with Crippen molar-refractivity contribution >= 4 is 11.7 Å². The highest BCUT2D eigenvalue weighted by Gasteiger charge is 2.12. The number of amides is 1. The van der Waals surface area contributed by atoms with Gasteiger partial charge in [0.05, 0.1) is 5.69 Å². The minimum absolute atomic E-state index is 0.00569.